The van der Waals surface area contributed by atoms with Crippen molar-refractivity contribution in [3.8, 4) is 11.3 Å². The molecule has 2 aromatic rings. The zero-order valence-electron chi connectivity index (χ0n) is 9.38. The first-order valence-electron chi connectivity index (χ1n) is 5.11. The van der Waals surface area contributed by atoms with E-state index in [4.69, 9.17) is 10.5 Å². The van der Waals surface area contributed by atoms with Gasteiger partial charge in [-0.25, -0.2) is 4.79 Å². The molecule has 0 spiro atoms. The van der Waals surface area contributed by atoms with Gasteiger partial charge >= 0.3 is 5.97 Å². The fourth-order valence-electron chi connectivity index (χ4n) is 1.59. The van der Waals surface area contributed by atoms with Crippen molar-refractivity contribution < 1.29 is 9.53 Å². The van der Waals surface area contributed by atoms with Crippen molar-refractivity contribution in [3.63, 3.8) is 0 Å². The Balaban J connectivity index is 2.55. The number of ether oxygens (including phenoxy) is 1. The lowest BCUT2D eigenvalue weighted by Crippen LogP contribution is -2.04. The van der Waals surface area contributed by atoms with Gasteiger partial charge in [-0.15, -0.1) is 0 Å². The molecule has 2 rings (SSSR count). The van der Waals surface area contributed by atoms with Crippen LogP contribution in [0.3, 0.4) is 0 Å². The Kier molecular flexibility index (Phi) is 3.05. The van der Waals surface area contributed by atoms with Gasteiger partial charge in [0.2, 0.25) is 0 Å². The van der Waals surface area contributed by atoms with Crippen molar-refractivity contribution in [3.05, 3.63) is 48.2 Å². The van der Waals surface area contributed by atoms with Gasteiger partial charge in [-0.1, -0.05) is 18.2 Å². The minimum absolute atomic E-state index is 0.384. The van der Waals surface area contributed by atoms with Crippen molar-refractivity contribution in [1.29, 1.82) is 0 Å². The van der Waals surface area contributed by atoms with Crippen molar-refractivity contribution in [1.82, 2.24) is 4.98 Å². The molecule has 0 amide bonds. The van der Waals surface area contributed by atoms with Gasteiger partial charge in [0.05, 0.1) is 18.4 Å². The highest BCUT2D eigenvalue weighted by Crippen LogP contribution is 2.23. The average molecular weight is 228 g/mol. The first-order valence-corrected chi connectivity index (χ1v) is 5.11. The monoisotopic (exact) mass is 228 g/mol. The normalized spacial score (nSPS) is 9.94. The zero-order chi connectivity index (χ0) is 12.3. The Hall–Kier alpha value is -2.36. The van der Waals surface area contributed by atoms with Crippen LogP contribution in [-0.4, -0.2) is 18.1 Å². The molecule has 0 aliphatic heterocycles. The molecule has 0 fully saturated rings. The summed E-state index contributed by atoms with van der Waals surface area (Å²) < 4.78 is 4.73. The highest BCUT2D eigenvalue weighted by atomic mass is 16.5. The van der Waals surface area contributed by atoms with E-state index in [9.17, 15) is 4.79 Å². The lowest BCUT2D eigenvalue weighted by Gasteiger charge is -2.07. The summed E-state index contributed by atoms with van der Waals surface area (Å²) in [5.74, 6) is -0.384. The molecule has 1 heterocycles. The number of hydrogen-bond donors (Lipinski definition) is 1. The second kappa shape index (κ2) is 4.65. The lowest BCUT2D eigenvalue weighted by molar-refractivity contribution is 0.0601. The van der Waals surface area contributed by atoms with Crippen LogP contribution in [0, 0.1) is 0 Å². The van der Waals surface area contributed by atoms with Crippen LogP contribution in [0.1, 0.15) is 10.4 Å². The Morgan fingerprint density at radius 3 is 2.76 bits per heavy atom. The molecule has 1 aromatic heterocycles. The summed E-state index contributed by atoms with van der Waals surface area (Å²) in [5, 5.41) is 0. The van der Waals surface area contributed by atoms with E-state index in [1.165, 1.54) is 7.11 Å². The van der Waals surface area contributed by atoms with Crippen molar-refractivity contribution in [2.75, 3.05) is 12.8 Å². The Morgan fingerprint density at radius 1 is 1.29 bits per heavy atom. The third kappa shape index (κ3) is 2.25. The topological polar surface area (TPSA) is 65.2 Å². The van der Waals surface area contributed by atoms with Crippen LogP contribution >= 0.6 is 0 Å². The van der Waals surface area contributed by atoms with Gasteiger partial charge in [0, 0.05) is 17.4 Å². The largest absolute Gasteiger partial charge is 0.465 e. The standard InChI is InChI=1S/C13H12N2O2/c1-17-13(16)11-5-3-2-4-10(11)12-8-9(14)6-7-15-12/h2-8H,1H3,(H2,14,15). The number of anilines is 1. The van der Waals surface area contributed by atoms with Crippen molar-refractivity contribution >= 4 is 11.7 Å². The maximum Gasteiger partial charge on any atom is 0.338 e. The second-order valence-electron chi connectivity index (χ2n) is 3.51. The van der Waals surface area contributed by atoms with Gasteiger partial charge in [0.25, 0.3) is 0 Å². The van der Waals surface area contributed by atoms with Gasteiger partial charge in [-0.05, 0) is 18.2 Å². The number of aromatic nitrogens is 1. The van der Waals surface area contributed by atoms with E-state index in [0.717, 1.165) is 0 Å². The SMILES string of the molecule is COC(=O)c1ccccc1-c1cc(N)ccn1. The summed E-state index contributed by atoms with van der Waals surface area (Å²) in [6, 6.07) is 10.6. The van der Waals surface area contributed by atoms with Crippen LogP contribution in [0.4, 0.5) is 5.69 Å². The smallest absolute Gasteiger partial charge is 0.338 e. The molecule has 0 radical (unpaired) electrons. The molecule has 0 atom stereocenters. The number of carbonyl (C=O) groups excluding carboxylic acids is 1. The number of nitrogen functional groups attached to an aromatic ring is 1. The van der Waals surface area contributed by atoms with E-state index in [-0.39, 0.29) is 5.97 Å². The molecule has 0 aliphatic carbocycles. The number of methoxy groups -OCH3 is 1. The highest BCUT2D eigenvalue weighted by molar-refractivity contribution is 5.96. The fourth-order valence-corrected chi connectivity index (χ4v) is 1.59. The van der Waals surface area contributed by atoms with E-state index in [1.807, 2.05) is 12.1 Å². The molecule has 0 unspecified atom stereocenters. The molecule has 86 valence electrons. The van der Waals surface area contributed by atoms with Crippen LogP contribution in [0.25, 0.3) is 11.3 Å². The van der Waals surface area contributed by atoms with Gasteiger partial charge in [-0.3, -0.25) is 4.98 Å². The number of carbonyl (C=O) groups is 1. The number of hydrogen-bond acceptors (Lipinski definition) is 4. The Labute approximate surface area is 99.1 Å². The summed E-state index contributed by atoms with van der Waals surface area (Å²) >= 11 is 0. The predicted molar refractivity (Wildman–Crippen MR) is 65.4 cm³/mol. The lowest BCUT2D eigenvalue weighted by atomic mass is 10.0. The van der Waals surface area contributed by atoms with Gasteiger partial charge < -0.3 is 10.5 Å². The van der Waals surface area contributed by atoms with E-state index in [1.54, 1.807) is 30.5 Å². The van der Waals surface area contributed by atoms with Gasteiger partial charge in [0.1, 0.15) is 0 Å². The van der Waals surface area contributed by atoms with E-state index in [2.05, 4.69) is 4.98 Å². The summed E-state index contributed by atoms with van der Waals surface area (Å²) in [5.41, 5.74) is 8.16. The third-order valence-electron chi connectivity index (χ3n) is 2.39. The summed E-state index contributed by atoms with van der Waals surface area (Å²) in [6.07, 6.45) is 1.61. The first-order chi connectivity index (χ1) is 8.22. The maximum absolute atomic E-state index is 11.6. The minimum Gasteiger partial charge on any atom is -0.465 e. The number of nitrogens with zero attached hydrogens (tertiary/aromatic N) is 1. The molecule has 0 bridgehead atoms. The number of pyridine rings is 1. The first kappa shape index (κ1) is 11.1. The molecule has 4 heteroatoms. The predicted octanol–water partition coefficient (Wildman–Crippen LogP) is 2.12. The third-order valence-corrected chi connectivity index (χ3v) is 2.39. The fraction of sp³-hybridized carbons (Fsp3) is 0.0769. The van der Waals surface area contributed by atoms with Crippen LogP contribution in [-0.2, 0) is 4.74 Å². The van der Waals surface area contributed by atoms with Gasteiger partial charge in [0.15, 0.2) is 0 Å². The van der Waals surface area contributed by atoms with Crippen LogP contribution in [0.2, 0.25) is 0 Å². The van der Waals surface area contributed by atoms with Crippen molar-refractivity contribution in [2.24, 2.45) is 0 Å². The Morgan fingerprint density at radius 2 is 2.06 bits per heavy atom. The minimum atomic E-state index is -0.384. The van der Waals surface area contributed by atoms with Crippen molar-refractivity contribution in [2.45, 2.75) is 0 Å². The van der Waals surface area contributed by atoms with Crippen LogP contribution in [0.5, 0.6) is 0 Å². The van der Waals surface area contributed by atoms with Crippen LogP contribution < -0.4 is 5.73 Å². The highest BCUT2D eigenvalue weighted by Gasteiger charge is 2.13. The van der Waals surface area contributed by atoms with Gasteiger partial charge in [-0.2, -0.15) is 0 Å². The summed E-state index contributed by atoms with van der Waals surface area (Å²) in [6.45, 7) is 0. The zero-order valence-corrected chi connectivity index (χ0v) is 9.38. The summed E-state index contributed by atoms with van der Waals surface area (Å²) in [7, 11) is 1.35. The number of esters is 1. The van der Waals surface area contributed by atoms with E-state index >= 15 is 0 Å². The molecule has 4 nitrogen and oxygen atoms in total. The molecule has 1 aromatic carbocycles. The maximum atomic E-state index is 11.6. The van der Waals surface area contributed by atoms with E-state index < -0.39 is 0 Å². The molecule has 2 N–H and O–H groups in total. The molecule has 0 saturated carbocycles. The number of nitrogens with two attached hydrogens (primary N) is 1. The van der Waals surface area contributed by atoms with Crippen LogP contribution in [0.15, 0.2) is 42.6 Å². The molecular formula is C13H12N2O2. The average Bonchev–Trinajstić information content (AvgIpc) is 2.38. The number of benzene rings is 1. The molecule has 17 heavy (non-hydrogen) atoms. The molecular weight excluding hydrogens is 216 g/mol. The number of rotatable bonds is 2. The quantitative estimate of drug-likeness (QED) is 0.799. The molecule has 0 aliphatic rings. The Bertz CT molecular complexity index is 553. The molecule has 0 saturated heterocycles. The summed E-state index contributed by atoms with van der Waals surface area (Å²) in [4.78, 5) is 15.8. The van der Waals surface area contributed by atoms with E-state index in [0.29, 0.717) is 22.5 Å². The second-order valence-corrected chi connectivity index (χ2v) is 3.51.